The predicted octanol–water partition coefficient (Wildman–Crippen LogP) is 3.67. The molecule has 51 heavy (non-hydrogen) atoms. The van der Waals surface area contributed by atoms with Crippen molar-refractivity contribution in [1.29, 1.82) is 0 Å². The molecule has 0 unspecified atom stereocenters. The van der Waals surface area contributed by atoms with Crippen molar-refractivity contribution in [1.82, 2.24) is 25.4 Å². The number of carboxylic acids is 1. The minimum Gasteiger partial charge on any atom is -0.481 e. The highest BCUT2D eigenvalue weighted by Gasteiger charge is 2.37. The molecule has 1 aliphatic heterocycles. The van der Waals surface area contributed by atoms with Gasteiger partial charge in [-0.15, -0.1) is 11.3 Å². The zero-order valence-electron chi connectivity index (χ0n) is 31.0. The van der Waals surface area contributed by atoms with Crippen LogP contribution in [0, 0.1) is 17.8 Å². The normalized spacial score (nSPS) is 19.4. The van der Waals surface area contributed by atoms with Gasteiger partial charge >= 0.3 is 11.9 Å². The number of nitrogens with one attached hydrogen (secondary N) is 2. The highest BCUT2D eigenvalue weighted by atomic mass is 32.1. The summed E-state index contributed by atoms with van der Waals surface area (Å²) in [5.41, 5.74) is 1.06. The van der Waals surface area contributed by atoms with Gasteiger partial charge < -0.3 is 30.5 Å². The number of likely N-dealkylation sites (N-methyl/N-ethyl adjacent to an activating group) is 2. The number of rotatable bonds is 17. The number of carbonyl (C=O) groups is 5. The van der Waals surface area contributed by atoms with Gasteiger partial charge in [-0.1, -0.05) is 65.0 Å². The monoisotopic (exact) mass is 729 g/mol. The largest absolute Gasteiger partial charge is 0.481 e. The number of benzene rings is 1. The van der Waals surface area contributed by atoms with E-state index in [4.69, 9.17) is 4.74 Å². The van der Waals surface area contributed by atoms with E-state index in [-0.39, 0.29) is 42.2 Å². The first kappa shape index (κ1) is 41.5. The van der Waals surface area contributed by atoms with E-state index in [1.807, 2.05) is 70.0 Å². The number of carboxylic acid groups (broad SMARTS) is 1. The first-order chi connectivity index (χ1) is 24.0. The van der Waals surface area contributed by atoms with Gasteiger partial charge in [-0.05, 0) is 50.1 Å². The fourth-order valence-corrected chi connectivity index (χ4v) is 7.27. The Balaban J connectivity index is 1.79. The van der Waals surface area contributed by atoms with Crippen LogP contribution < -0.4 is 10.6 Å². The van der Waals surface area contributed by atoms with Crippen LogP contribution >= 0.6 is 11.3 Å². The Labute approximate surface area is 305 Å². The molecule has 0 aliphatic carbocycles. The van der Waals surface area contributed by atoms with E-state index >= 15 is 0 Å². The third-order valence-electron chi connectivity index (χ3n) is 9.50. The molecule has 1 aliphatic rings. The van der Waals surface area contributed by atoms with Crippen LogP contribution in [0.4, 0.5) is 0 Å². The van der Waals surface area contributed by atoms with E-state index in [2.05, 4.69) is 15.6 Å². The molecule has 4 N–H and O–H groups in total. The zero-order chi connectivity index (χ0) is 38.0. The summed E-state index contributed by atoms with van der Waals surface area (Å²) in [4.78, 5) is 72.7. The summed E-state index contributed by atoms with van der Waals surface area (Å²) < 4.78 is 5.73. The number of aliphatic carboxylic acids is 1. The van der Waals surface area contributed by atoms with Gasteiger partial charge in [-0.2, -0.15) is 0 Å². The maximum absolute atomic E-state index is 14.0. The van der Waals surface area contributed by atoms with E-state index in [1.165, 1.54) is 6.92 Å². The number of aliphatic hydroxyl groups is 1. The molecule has 2 heterocycles. The molecule has 1 saturated heterocycles. The number of nitrogens with zero attached hydrogens (tertiary/aromatic N) is 3. The van der Waals surface area contributed by atoms with Gasteiger partial charge in [0.05, 0.1) is 18.1 Å². The van der Waals surface area contributed by atoms with Crippen molar-refractivity contribution < 1.29 is 38.9 Å². The second-order valence-electron chi connectivity index (χ2n) is 14.4. The summed E-state index contributed by atoms with van der Waals surface area (Å²) in [7, 11) is 3.50. The van der Waals surface area contributed by atoms with Gasteiger partial charge in [0.15, 0.2) is 6.10 Å². The Hall–Kier alpha value is -3.88. The van der Waals surface area contributed by atoms with E-state index in [0.29, 0.717) is 30.8 Å². The summed E-state index contributed by atoms with van der Waals surface area (Å²) in [6.07, 6.45) is 0.275. The van der Waals surface area contributed by atoms with E-state index in [9.17, 15) is 34.2 Å². The summed E-state index contributed by atoms with van der Waals surface area (Å²) in [6.45, 7) is 11.1. The van der Waals surface area contributed by atoms with Crippen molar-refractivity contribution in [2.75, 3.05) is 20.6 Å². The molecule has 0 saturated carbocycles. The third-order valence-corrected chi connectivity index (χ3v) is 10.4. The molecule has 13 nitrogen and oxygen atoms in total. The number of aromatic nitrogens is 1. The topological polar surface area (TPSA) is 178 Å². The maximum atomic E-state index is 14.0. The summed E-state index contributed by atoms with van der Waals surface area (Å²) >= 11 is 1.16. The molecule has 0 radical (unpaired) electrons. The van der Waals surface area contributed by atoms with Gasteiger partial charge in [0.25, 0.3) is 5.91 Å². The molecule has 2 aromatic rings. The van der Waals surface area contributed by atoms with Crippen LogP contribution in [0.1, 0.15) is 94.4 Å². The number of thiazole rings is 1. The number of piperidine rings is 1. The van der Waals surface area contributed by atoms with Crippen molar-refractivity contribution in [3.8, 4) is 0 Å². The van der Waals surface area contributed by atoms with Gasteiger partial charge in [-0.25, -0.2) is 4.98 Å². The molecule has 3 amide bonds. The molecule has 14 heteroatoms. The summed E-state index contributed by atoms with van der Waals surface area (Å²) in [6, 6.07) is 7.20. The SMILES string of the molecule is CC(=O)O[C@H](C[C@H](C(C)C)N(C)C(=O)[C@@H](NC(=O)[C@H]1C[C@H](O)CCN1C)C(C)C)c1nc(C(=O)N[C@@H](Cc2ccccc2)C[C@H](C)C(=O)O)cs1. The molecule has 3 rings (SSSR count). The van der Waals surface area contributed by atoms with Gasteiger partial charge in [0, 0.05) is 44.4 Å². The van der Waals surface area contributed by atoms with Crippen molar-refractivity contribution in [3.05, 3.63) is 52.0 Å². The lowest BCUT2D eigenvalue weighted by Gasteiger charge is -2.38. The minimum atomic E-state index is -0.954. The van der Waals surface area contributed by atoms with Gasteiger partial charge in [0.1, 0.15) is 16.7 Å². The average molecular weight is 730 g/mol. The number of hydrogen-bond acceptors (Lipinski definition) is 10. The molecule has 7 atom stereocenters. The van der Waals surface area contributed by atoms with Gasteiger partial charge in [0.2, 0.25) is 11.8 Å². The summed E-state index contributed by atoms with van der Waals surface area (Å²) in [5.74, 6) is -3.58. The number of amides is 3. The van der Waals surface area contributed by atoms with Crippen LogP contribution in [0.25, 0.3) is 0 Å². The van der Waals surface area contributed by atoms with Crippen LogP contribution in [0.2, 0.25) is 0 Å². The maximum Gasteiger partial charge on any atom is 0.306 e. The second-order valence-corrected chi connectivity index (χ2v) is 15.3. The first-order valence-electron chi connectivity index (χ1n) is 17.6. The highest BCUT2D eigenvalue weighted by molar-refractivity contribution is 7.09. The van der Waals surface area contributed by atoms with Crippen molar-refractivity contribution >= 4 is 41.0 Å². The van der Waals surface area contributed by atoms with Crippen LogP contribution in [-0.4, -0.2) is 106 Å². The Morgan fingerprint density at radius 3 is 2.29 bits per heavy atom. The molecule has 0 spiro atoms. The molecule has 1 fully saturated rings. The second kappa shape index (κ2) is 19.1. The number of likely N-dealkylation sites (tertiary alicyclic amines) is 1. The summed E-state index contributed by atoms with van der Waals surface area (Å²) in [5, 5.41) is 27.5. The smallest absolute Gasteiger partial charge is 0.306 e. The quantitative estimate of drug-likeness (QED) is 0.176. The number of esters is 1. The Morgan fingerprint density at radius 2 is 1.71 bits per heavy atom. The van der Waals surface area contributed by atoms with Crippen molar-refractivity contribution in [2.24, 2.45) is 17.8 Å². The molecule has 1 aromatic carbocycles. The number of aliphatic hydroxyl groups excluding tert-OH is 1. The van der Waals surface area contributed by atoms with Crippen LogP contribution in [0.5, 0.6) is 0 Å². The third kappa shape index (κ3) is 12.1. The Kier molecular flexibility index (Phi) is 15.6. The van der Waals surface area contributed by atoms with E-state index < -0.39 is 60.1 Å². The average Bonchev–Trinajstić information content (AvgIpc) is 3.56. The van der Waals surface area contributed by atoms with E-state index in [0.717, 1.165) is 16.9 Å². The zero-order valence-corrected chi connectivity index (χ0v) is 31.8. The molecular formula is C37H55N5O8S. The van der Waals surface area contributed by atoms with Crippen LogP contribution in [-0.2, 0) is 30.3 Å². The van der Waals surface area contributed by atoms with Crippen molar-refractivity contribution in [2.45, 2.75) is 110 Å². The Bertz CT molecular complexity index is 1480. The molecule has 0 bridgehead atoms. The number of ether oxygens (including phenoxy) is 1. The predicted molar refractivity (Wildman–Crippen MR) is 194 cm³/mol. The minimum absolute atomic E-state index is 0.0853. The number of carbonyl (C=O) groups excluding carboxylic acids is 4. The lowest BCUT2D eigenvalue weighted by atomic mass is 9.93. The standard InChI is InChI=1S/C37H55N5O8S/c1-21(2)29(42(8)36(47)32(22(3)4)40-34(46)30-18-27(44)14-15-41(30)7)19-31(50-24(6)43)35-39-28(20-51-35)33(45)38-26(16-23(5)37(48)49)17-25-12-10-9-11-13-25/h9-13,20-23,26-27,29-32,44H,14-19H2,1-8H3,(H,38,45)(H,40,46)(H,48,49)/t23-,26+,27+,29+,30+,31+,32-/m0/s1. The Morgan fingerprint density at radius 1 is 1.04 bits per heavy atom. The van der Waals surface area contributed by atoms with E-state index in [1.54, 1.807) is 24.3 Å². The molecule has 282 valence electrons. The molecule has 1 aromatic heterocycles. The van der Waals surface area contributed by atoms with Gasteiger partial charge in [-0.3, -0.25) is 28.9 Å². The first-order valence-corrected chi connectivity index (χ1v) is 18.5. The lowest BCUT2D eigenvalue weighted by molar-refractivity contribution is -0.149. The highest BCUT2D eigenvalue weighted by Crippen LogP contribution is 2.31. The van der Waals surface area contributed by atoms with Crippen LogP contribution in [0.15, 0.2) is 35.7 Å². The van der Waals surface area contributed by atoms with Crippen LogP contribution in [0.3, 0.4) is 0 Å². The molecular weight excluding hydrogens is 675 g/mol. The van der Waals surface area contributed by atoms with Crippen molar-refractivity contribution in [3.63, 3.8) is 0 Å². The lowest BCUT2D eigenvalue weighted by Crippen LogP contribution is -2.58. The fraction of sp³-hybridized carbons (Fsp3) is 0.622. The fourth-order valence-electron chi connectivity index (χ4n) is 6.43. The number of hydrogen-bond donors (Lipinski definition) is 4.